The summed E-state index contributed by atoms with van der Waals surface area (Å²) in [5.41, 5.74) is 0.745. The molecule has 2 aromatic heterocycles. The number of benzene rings is 1. The molecular formula is C16H15ClN4O2. The number of aryl methyl sites for hydroxylation is 1. The van der Waals surface area contributed by atoms with Crippen LogP contribution in [0.1, 0.15) is 29.3 Å². The molecule has 3 aromatic rings. The Labute approximate surface area is 138 Å². The zero-order valence-electron chi connectivity index (χ0n) is 12.7. The van der Waals surface area contributed by atoms with Crippen LogP contribution in [0.3, 0.4) is 0 Å². The van der Waals surface area contributed by atoms with Crippen LogP contribution in [0.2, 0.25) is 5.02 Å². The van der Waals surface area contributed by atoms with E-state index in [1.165, 1.54) is 6.33 Å². The summed E-state index contributed by atoms with van der Waals surface area (Å²) in [5, 5.41) is 7.39. The van der Waals surface area contributed by atoms with Crippen molar-refractivity contribution in [3.05, 3.63) is 59.3 Å². The fourth-order valence-corrected chi connectivity index (χ4v) is 2.52. The van der Waals surface area contributed by atoms with Gasteiger partial charge in [0, 0.05) is 12.6 Å². The normalized spacial score (nSPS) is 12.1. The third kappa shape index (κ3) is 3.12. The van der Waals surface area contributed by atoms with Crippen molar-refractivity contribution in [1.29, 1.82) is 0 Å². The van der Waals surface area contributed by atoms with Gasteiger partial charge in [-0.05, 0) is 31.2 Å². The maximum Gasteiger partial charge on any atom is 0.287 e. The Kier molecular flexibility index (Phi) is 4.16. The van der Waals surface area contributed by atoms with E-state index in [1.807, 2.05) is 25.1 Å². The summed E-state index contributed by atoms with van der Waals surface area (Å²) >= 11 is 6.14. The number of hydrogen-bond donors (Lipinski definition) is 1. The monoisotopic (exact) mass is 330 g/mol. The number of furan rings is 1. The van der Waals surface area contributed by atoms with Crippen molar-refractivity contribution >= 4 is 17.5 Å². The molecule has 0 aliphatic carbocycles. The minimum Gasteiger partial charge on any atom is -0.451 e. The van der Waals surface area contributed by atoms with Crippen molar-refractivity contribution in [2.24, 2.45) is 7.05 Å². The largest absolute Gasteiger partial charge is 0.451 e. The lowest BCUT2D eigenvalue weighted by atomic mass is 10.2. The average molecular weight is 331 g/mol. The quantitative estimate of drug-likeness (QED) is 0.797. The molecule has 1 amide bonds. The Balaban J connectivity index is 1.77. The molecular weight excluding hydrogens is 316 g/mol. The second-order valence-electron chi connectivity index (χ2n) is 5.08. The molecule has 6 nitrogen and oxygen atoms in total. The van der Waals surface area contributed by atoms with Crippen molar-refractivity contribution in [2.75, 3.05) is 0 Å². The summed E-state index contributed by atoms with van der Waals surface area (Å²) in [6.45, 7) is 1.83. The summed E-state index contributed by atoms with van der Waals surface area (Å²) in [6, 6.07) is 10.4. The highest BCUT2D eigenvalue weighted by atomic mass is 35.5. The van der Waals surface area contributed by atoms with Gasteiger partial charge in [-0.15, -0.1) is 0 Å². The zero-order chi connectivity index (χ0) is 16.4. The standard InChI is InChI=1S/C16H15ClN4O2/c1-10(15-18-9-19-21(15)2)20-16(22)14-8-7-13(23-14)11-5-3-4-6-12(11)17/h3-10H,1-2H3,(H,20,22). The Bertz CT molecular complexity index is 840. The smallest absolute Gasteiger partial charge is 0.287 e. The van der Waals surface area contributed by atoms with Crippen molar-refractivity contribution < 1.29 is 9.21 Å². The Morgan fingerprint density at radius 1 is 1.30 bits per heavy atom. The lowest BCUT2D eigenvalue weighted by Crippen LogP contribution is -2.28. The average Bonchev–Trinajstić information content (AvgIpc) is 3.16. The Hall–Kier alpha value is -2.60. The molecule has 0 bridgehead atoms. The zero-order valence-corrected chi connectivity index (χ0v) is 13.4. The topological polar surface area (TPSA) is 73.0 Å². The third-order valence-electron chi connectivity index (χ3n) is 3.45. The second kappa shape index (κ2) is 6.26. The van der Waals surface area contributed by atoms with Crippen molar-refractivity contribution in [2.45, 2.75) is 13.0 Å². The van der Waals surface area contributed by atoms with E-state index >= 15 is 0 Å². The van der Waals surface area contributed by atoms with Crippen LogP contribution >= 0.6 is 11.6 Å². The maximum atomic E-state index is 12.3. The van der Waals surface area contributed by atoms with E-state index in [-0.39, 0.29) is 17.7 Å². The third-order valence-corrected chi connectivity index (χ3v) is 3.78. The highest BCUT2D eigenvalue weighted by Gasteiger charge is 2.18. The van der Waals surface area contributed by atoms with Gasteiger partial charge in [-0.25, -0.2) is 4.98 Å². The minimum absolute atomic E-state index is 0.217. The first kappa shape index (κ1) is 15.3. The molecule has 1 aromatic carbocycles. The van der Waals surface area contributed by atoms with Crippen molar-refractivity contribution in [3.63, 3.8) is 0 Å². The number of hydrogen-bond acceptors (Lipinski definition) is 4. The number of rotatable bonds is 4. The van der Waals surface area contributed by atoms with Gasteiger partial charge in [-0.3, -0.25) is 9.48 Å². The van der Waals surface area contributed by atoms with Crippen LogP contribution in [-0.2, 0) is 7.05 Å². The number of carbonyl (C=O) groups excluding carboxylic acids is 1. The first-order valence-electron chi connectivity index (χ1n) is 7.05. The molecule has 3 rings (SSSR count). The van der Waals surface area contributed by atoms with Gasteiger partial charge in [0.1, 0.15) is 17.9 Å². The molecule has 23 heavy (non-hydrogen) atoms. The Morgan fingerprint density at radius 2 is 2.09 bits per heavy atom. The fourth-order valence-electron chi connectivity index (χ4n) is 2.30. The SMILES string of the molecule is CC(NC(=O)c1ccc(-c2ccccc2Cl)o1)c1ncnn1C. The van der Waals surface area contributed by atoms with Crippen LogP contribution in [0.4, 0.5) is 0 Å². The van der Waals surface area contributed by atoms with Crippen LogP contribution < -0.4 is 5.32 Å². The lowest BCUT2D eigenvalue weighted by molar-refractivity contribution is 0.0910. The van der Waals surface area contributed by atoms with Crippen molar-refractivity contribution in [3.8, 4) is 11.3 Å². The second-order valence-corrected chi connectivity index (χ2v) is 5.49. The molecule has 1 atom stereocenters. The van der Waals surface area contributed by atoms with Crippen LogP contribution in [0.15, 0.2) is 47.1 Å². The summed E-state index contributed by atoms with van der Waals surface area (Å²) < 4.78 is 7.23. The number of nitrogens with one attached hydrogen (secondary N) is 1. The molecule has 0 saturated carbocycles. The lowest BCUT2D eigenvalue weighted by Gasteiger charge is -2.11. The number of amides is 1. The van der Waals surface area contributed by atoms with E-state index < -0.39 is 0 Å². The van der Waals surface area contributed by atoms with Gasteiger partial charge in [-0.1, -0.05) is 23.7 Å². The Morgan fingerprint density at radius 3 is 2.78 bits per heavy atom. The van der Waals surface area contributed by atoms with Gasteiger partial charge in [0.25, 0.3) is 5.91 Å². The van der Waals surface area contributed by atoms with Gasteiger partial charge < -0.3 is 9.73 Å². The maximum absolute atomic E-state index is 12.3. The molecule has 0 spiro atoms. The van der Waals surface area contributed by atoms with E-state index in [1.54, 1.807) is 29.9 Å². The molecule has 1 unspecified atom stereocenters. The molecule has 7 heteroatoms. The number of nitrogens with zero attached hydrogens (tertiary/aromatic N) is 3. The summed E-state index contributed by atoms with van der Waals surface area (Å²) in [6.07, 6.45) is 1.44. The molecule has 0 aliphatic heterocycles. The van der Waals surface area contributed by atoms with Gasteiger partial charge in [0.05, 0.1) is 11.1 Å². The summed E-state index contributed by atoms with van der Waals surface area (Å²) in [5.74, 6) is 1.11. The van der Waals surface area contributed by atoms with E-state index in [4.69, 9.17) is 16.0 Å². The predicted molar refractivity (Wildman–Crippen MR) is 86.0 cm³/mol. The summed E-state index contributed by atoms with van der Waals surface area (Å²) in [7, 11) is 1.77. The van der Waals surface area contributed by atoms with Crippen LogP contribution in [0, 0.1) is 0 Å². The minimum atomic E-state index is -0.321. The van der Waals surface area contributed by atoms with E-state index in [0.29, 0.717) is 16.6 Å². The van der Waals surface area contributed by atoms with Crippen LogP contribution in [0.5, 0.6) is 0 Å². The van der Waals surface area contributed by atoms with E-state index in [0.717, 1.165) is 5.56 Å². The molecule has 2 heterocycles. The number of carbonyl (C=O) groups is 1. The molecule has 1 N–H and O–H groups in total. The van der Waals surface area contributed by atoms with E-state index in [2.05, 4.69) is 15.4 Å². The first-order chi connectivity index (χ1) is 11.1. The fraction of sp³-hybridized carbons (Fsp3) is 0.188. The summed E-state index contributed by atoms with van der Waals surface area (Å²) in [4.78, 5) is 16.4. The number of halogens is 1. The van der Waals surface area contributed by atoms with Gasteiger partial charge >= 0.3 is 0 Å². The molecule has 0 aliphatic rings. The number of aromatic nitrogens is 3. The predicted octanol–water partition coefficient (Wildman–Crippen LogP) is 3.22. The van der Waals surface area contributed by atoms with Gasteiger partial charge in [-0.2, -0.15) is 5.10 Å². The van der Waals surface area contributed by atoms with Gasteiger partial charge in [0.15, 0.2) is 5.76 Å². The molecule has 118 valence electrons. The molecule has 0 saturated heterocycles. The first-order valence-corrected chi connectivity index (χ1v) is 7.43. The van der Waals surface area contributed by atoms with Crippen LogP contribution in [0.25, 0.3) is 11.3 Å². The highest BCUT2D eigenvalue weighted by molar-refractivity contribution is 6.33. The highest BCUT2D eigenvalue weighted by Crippen LogP contribution is 2.29. The van der Waals surface area contributed by atoms with E-state index in [9.17, 15) is 4.79 Å². The van der Waals surface area contributed by atoms with Gasteiger partial charge in [0.2, 0.25) is 0 Å². The van der Waals surface area contributed by atoms with Crippen LogP contribution in [-0.4, -0.2) is 20.7 Å². The van der Waals surface area contributed by atoms with Crippen molar-refractivity contribution in [1.82, 2.24) is 20.1 Å². The molecule has 0 radical (unpaired) electrons. The molecule has 0 fully saturated rings.